The molecule has 0 bridgehead atoms. The first-order valence-corrected chi connectivity index (χ1v) is 5.66. The molecule has 90 valence electrons. The van der Waals surface area contributed by atoms with Gasteiger partial charge in [0.15, 0.2) is 0 Å². The van der Waals surface area contributed by atoms with Crippen LogP contribution in [-0.2, 0) is 0 Å². The Labute approximate surface area is 117 Å². The summed E-state index contributed by atoms with van der Waals surface area (Å²) in [4.78, 5) is 0. The number of benzene rings is 1. The molecule has 1 aromatic carbocycles. The fourth-order valence-corrected chi connectivity index (χ4v) is 1.52. The molecule has 5 heteroatoms. The van der Waals surface area contributed by atoms with E-state index in [-0.39, 0.29) is 22.9 Å². The molecule has 0 amide bonds. The van der Waals surface area contributed by atoms with Crippen molar-refractivity contribution >= 4 is 47.2 Å². The number of hydrogen-bond donors (Lipinski definition) is 1. The van der Waals surface area contributed by atoms with Gasteiger partial charge in [0.2, 0.25) is 0 Å². The Morgan fingerprint density at radius 3 is 2.12 bits per heavy atom. The van der Waals surface area contributed by atoms with E-state index >= 15 is 0 Å². The predicted molar refractivity (Wildman–Crippen MR) is 74.6 cm³/mol. The van der Waals surface area contributed by atoms with Gasteiger partial charge < -0.3 is 5.73 Å². The maximum absolute atomic E-state index is 5.95. The van der Waals surface area contributed by atoms with E-state index in [0.717, 1.165) is 5.56 Å². The largest absolute Gasteiger partial charge is 0.324 e. The van der Waals surface area contributed by atoms with Gasteiger partial charge in [0.25, 0.3) is 0 Å². The van der Waals surface area contributed by atoms with E-state index in [0.29, 0.717) is 11.5 Å². The molecule has 0 aliphatic rings. The molecule has 1 atom stereocenters. The van der Waals surface area contributed by atoms with E-state index in [9.17, 15) is 0 Å². The molecule has 0 spiro atoms. The van der Waals surface area contributed by atoms with Crippen molar-refractivity contribution in [3.05, 3.63) is 44.9 Å². The van der Waals surface area contributed by atoms with Gasteiger partial charge in [0.05, 0.1) is 5.03 Å². The summed E-state index contributed by atoms with van der Waals surface area (Å²) in [6, 6.07) is 7.80. The molecule has 0 radical (unpaired) electrons. The third-order valence-corrected chi connectivity index (χ3v) is 3.10. The monoisotopic (exact) mass is 299 g/mol. The van der Waals surface area contributed by atoms with Gasteiger partial charge in [-0.2, -0.15) is 0 Å². The van der Waals surface area contributed by atoms with Crippen LogP contribution in [0.25, 0.3) is 0 Å². The third-order valence-electron chi connectivity index (χ3n) is 2.11. The zero-order chi connectivity index (χ0) is 11.4. The summed E-state index contributed by atoms with van der Waals surface area (Å²) in [5, 5.41) is 0.395. The van der Waals surface area contributed by atoms with Crippen molar-refractivity contribution in [3.63, 3.8) is 0 Å². The summed E-state index contributed by atoms with van der Waals surface area (Å²) < 4.78 is 0.0826. The van der Waals surface area contributed by atoms with Crippen LogP contribution in [0, 0.1) is 6.92 Å². The Morgan fingerprint density at radius 2 is 1.69 bits per heavy atom. The minimum absolute atomic E-state index is 0. The van der Waals surface area contributed by atoms with Crippen LogP contribution < -0.4 is 5.73 Å². The second-order valence-corrected chi connectivity index (χ2v) is 4.79. The van der Waals surface area contributed by atoms with Gasteiger partial charge in [0.1, 0.15) is 4.49 Å². The molecule has 0 saturated carbocycles. The summed E-state index contributed by atoms with van der Waals surface area (Å²) >= 11 is 16.9. The van der Waals surface area contributed by atoms with E-state index in [1.54, 1.807) is 0 Å². The van der Waals surface area contributed by atoms with Crippen molar-refractivity contribution in [1.29, 1.82) is 0 Å². The highest BCUT2D eigenvalue weighted by molar-refractivity contribution is 6.59. The Morgan fingerprint density at radius 1 is 1.19 bits per heavy atom. The predicted octanol–water partition coefficient (Wildman–Crippen LogP) is 4.69. The van der Waals surface area contributed by atoms with E-state index in [4.69, 9.17) is 40.5 Å². The molecule has 1 aromatic rings. The second-order valence-electron chi connectivity index (χ2n) is 3.39. The standard InChI is InChI=1S/C11H12Cl3N.ClH/c1-7-2-4-8(5-3-7)10(15)6-9(12)11(13)14;/h2-5,10H,6,15H2,1H3;1H. The van der Waals surface area contributed by atoms with Crippen LogP contribution in [0.3, 0.4) is 0 Å². The van der Waals surface area contributed by atoms with Crippen LogP contribution in [0.5, 0.6) is 0 Å². The third kappa shape index (κ3) is 4.94. The van der Waals surface area contributed by atoms with Gasteiger partial charge in [-0.3, -0.25) is 0 Å². The molecule has 2 N–H and O–H groups in total. The number of rotatable bonds is 3. The zero-order valence-electron chi connectivity index (χ0n) is 8.71. The summed E-state index contributed by atoms with van der Waals surface area (Å²) in [5.41, 5.74) is 8.17. The lowest BCUT2D eigenvalue weighted by Crippen LogP contribution is -2.10. The zero-order valence-corrected chi connectivity index (χ0v) is 11.8. The topological polar surface area (TPSA) is 26.0 Å². The smallest absolute Gasteiger partial charge is 0.121 e. The number of aryl methyl sites for hydroxylation is 1. The van der Waals surface area contributed by atoms with Crippen molar-refractivity contribution < 1.29 is 0 Å². The van der Waals surface area contributed by atoms with Crippen molar-refractivity contribution in [2.24, 2.45) is 5.73 Å². The normalized spacial score (nSPS) is 11.6. The Balaban J connectivity index is 0.00000225. The van der Waals surface area contributed by atoms with Crippen LogP contribution in [0.2, 0.25) is 0 Å². The van der Waals surface area contributed by atoms with Crippen molar-refractivity contribution in [2.45, 2.75) is 19.4 Å². The summed E-state index contributed by atoms with van der Waals surface area (Å²) in [5.74, 6) is 0. The number of hydrogen-bond acceptors (Lipinski definition) is 1. The molecule has 0 fully saturated rings. The van der Waals surface area contributed by atoms with E-state index < -0.39 is 0 Å². The van der Waals surface area contributed by atoms with Gasteiger partial charge >= 0.3 is 0 Å². The molecule has 1 nitrogen and oxygen atoms in total. The Bertz CT molecular complexity index is 355. The van der Waals surface area contributed by atoms with E-state index in [2.05, 4.69) is 0 Å². The number of nitrogens with two attached hydrogens (primary N) is 1. The molecule has 0 aliphatic carbocycles. The van der Waals surface area contributed by atoms with Crippen LogP contribution in [0.15, 0.2) is 33.8 Å². The summed E-state index contributed by atoms with van der Waals surface area (Å²) in [6.45, 7) is 2.03. The SMILES string of the molecule is Cc1ccc(C(N)CC(Cl)=C(Cl)Cl)cc1.Cl. The van der Waals surface area contributed by atoms with Crippen molar-refractivity contribution in [1.82, 2.24) is 0 Å². The highest BCUT2D eigenvalue weighted by Crippen LogP contribution is 2.27. The first-order chi connectivity index (χ1) is 7.00. The quantitative estimate of drug-likeness (QED) is 0.861. The lowest BCUT2D eigenvalue weighted by Gasteiger charge is -2.11. The molecular weight excluding hydrogens is 288 g/mol. The maximum atomic E-state index is 5.95. The first-order valence-electron chi connectivity index (χ1n) is 4.52. The minimum atomic E-state index is -0.175. The molecule has 0 saturated heterocycles. The average Bonchev–Trinajstić information content (AvgIpc) is 2.18. The molecule has 1 rings (SSSR count). The molecule has 0 heterocycles. The van der Waals surface area contributed by atoms with E-state index in [1.807, 2.05) is 31.2 Å². The van der Waals surface area contributed by atoms with Crippen LogP contribution in [0.4, 0.5) is 0 Å². The fraction of sp³-hybridized carbons (Fsp3) is 0.273. The summed E-state index contributed by atoms with van der Waals surface area (Å²) in [6.07, 6.45) is 0.451. The molecule has 1 unspecified atom stereocenters. The van der Waals surface area contributed by atoms with Gasteiger partial charge in [-0.25, -0.2) is 0 Å². The van der Waals surface area contributed by atoms with E-state index in [1.165, 1.54) is 5.56 Å². The van der Waals surface area contributed by atoms with Gasteiger partial charge in [-0.1, -0.05) is 64.6 Å². The van der Waals surface area contributed by atoms with Gasteiger partial charge in [-0.15, -0.1) is 12.4 Å². The van der Waals surface area contributed by atoms with Crippen molar-refractivity contribution in [3.8, 4) is 0 Å². The van der Waals surface area contributed by atoms with Crippen molar-refractivity contribution in [2.75, 3.05) is 0 Å². The van der Waals surface area contributed by atoms with Crippen LogP contribution >= 0.6 is 47.2 Å². The minimum Gasteiger partial charge on any atom is -0.324 e. The highest BCUT2D eigenvalue weighted by Gasteiger charge is 2.09. The lowest BCUT2D eigenvalue weighted by molar-refractivity contribution is 0.733. The van der Waals surface area contributed by atoms with Gasteiger partial charge in [0, 0.05) is 12.5 Å². The average molecular weight is 301 g/mol. The molecule has 0 aromatic heterocycles. The molecular formula is C11H13Cl4N. The summed E-state index contributed by atoms with van der Waals surface area (Å²) in [7, 11) is 0. The highest BCUT2D eigenvalue weighted by atomic mass is 35.5. The fourth-order valence-electron chi connectivity index (χ4n) is 1.20. The van der Waals surface area contributed by atoms with Crippen LogP contribution in [0.1, 0.15) is 23.6 Å². The molecule has 0 aliphatic heterocycles. The lowest BCUT2D eigenvalue weighted by atomic mass is 10.0. The maximum Gasteiger partial charge on any atom is 0.121 e. The second kappa shape index (κ2) is 7.41. The Kier molecular flexibility index (Phi) is 7.45. The first kappa shape index (κ1) is 16.1. The van der Waals surface area contributed by atoms with Gasteiger partial charge in [-0.05, 0) is 12.5 Å². The molecule has 16 heavy (non-hydrogen) atoms. The van der Waals surface area contributed by atoms with Crippen LogP contribution in [-0.4, -0.2) is 0 Å². The number of halogens is 4. The Hall–Kier alpha value is 0.0800.